The average Bonchev–Trinajstić information content (AvgIpc) is 3.42. The Balaban J connectivity index is 0.829. The number of fused-ring (bicyclic) bond motifs is 6. The second-order valence-electron chi connectivity index (χ2n) is 17.7. The van der Waals surface area contributed by atoms with Crippen molar-refractivity contribution in [3.8, 4) is 78.4 Å². The Kier molecular flexibility index (Phi) is 9.54. The van der Waals surface area contributed by atoms with E-state index in [1.54, 1.807) is 0 Å². The number of hydrogen-bond donors (Lipinski definition) is 0. The summed E-state index contributed by atoms with van der Waals surface area (Å²) in [6, 6.07) is 92.1. The van der Waals surface area contributed by atoms with Crippen molar-refractivity contribution >= 4 is 53.9 Å². The summed E-state index contributed by atoms with van der Waals surface area (Å²) in [7, 11) is 0. The van der Waals surface area contributed by atoms with Crippen LogP contribution in [-0.4, -0.2) is 9.97 Å². The van der Waals surface area contributed by atoms with E-state index in [-0.39, 0.29) is 0 Å². The van der Waals surface area contributed by atoms with Gasteiger partial charge in [-0.3, -0.25) is 0 Å². The van der Waals surface area contributed by atoms with Gasteiger partial charge >= 0.3 is 0 Å². The van der Waals surface area contributed by atoms with Crippen molar-refractivity contribution < 1.29 is 0 Å². The lowest BCUT2D eigenvalue weighted by Gasteiger charge is -2.15. The Morgan fingerprint density at radius 3 is 1.21 bits per heavy atom. The minimum Gasteiger partial charge on any atom is -0.228 e. The zero-order chi connectivity index (χ0) is 45.0. The molecule has 0 saturated heterocycles. The molecular formula is C66H42N2. The first-order valence-electron chi connectivity index (χ1n) is 23.3. The highest BCUT2D eigenvalue weighted by atomic mass is 14.9. The number of hydrogen-bond acceptors (Lipinski definition) is 2. The second kappa shape index (κ2) is 16.5. The SMILES string of the molecule is c1ccc(-c2nc(-c3ccc(-c4ccc5ccccc5c4)cc3)cc(-c3ccc(-c4ccc(-c5ccc(-c6cc7ccccc7c7cc8ccccc8cc67)cc5)c5ccccc45)cc3)n2)cc1. The molecule has 0 amide bonds. The van der Waals surface area contributed by atoms with Crippen LogP contribution in [0.5, 0.6) is 0 Å². The van der Waals surface area contributed by atoms with Gasteiger partial charge in [0.25, 0.3) is 0 Å². The summed E-state index contributed by atoms with van der Waals surface area (Å²) in [4.78, 5) is 10.3. The quantitative estimate of drug-likeness (QED) is 0.118. The Hall–Kier alpha value is -8.98. The van der Waals surface area contributed by atoms with Crippen LogP contribution >= 0.6 is 0 Å². The largest absolute Gasteiger partial charge is 0.228 e. The molecule has 0 aliphatic rings. The first-order chi connectivity index (χ1) is 33.7. The third-order valence-electron chi connectivity index (χ3n) is 13.7. The van der Waals surface area contributed by atoms with Gasteiger partial charge < -0.3 is 0 Å². The van der Waals surface area contributed by atoms with Gasteiger partial charge in [0.15, 0.2) is 5.82 Å². The van der Waals surface area contributed by atoms with Gasteiger partial charge in [-0.25, -0.2) is 9.97 Å². The minimum absolute atomic E-state index is 0.703. The average molecular weight is 863 g/mol. The van der Waals surface area contributed by atoms with Crippen molar-refractivity contribution in [2.24, 2.45) is 0 Å². The van der Waals surface area contributed by atoms with Crippen LogP contribution in [0.25, 0.3) is 132 Å². The lowest BCUT2D eigenvalue weighted by atomic mass is 9.89. The normalized spacial score (nSPS) is 11.5. The third kappa shape index (κ3) is 7.08. The molecule has 0 aliphatic heterocycles. The first kappa shape index (κ1) is 39.4. The predicted octanol–water partition coefficient (Wildman–Crippen LogP) is 17.9. The zero-order valence-electron chi connectivity index (χ0n) is 37.1. The van der Waals surface area contributed by atoms with Crippen LogP contribution in [-0.2, 0) is 0 Å². The van der Waals surface area contributed by atoms with E-state index in [0.717, 1.165) is 33.6 Å². The Morgan fingerprint density at radius 1 is 0.191 bits per heavy atom. The number of nitrogens with zero attached hydrogens (tertiary/aromatic N) is 2. The highest BCUT2D eigenvalue weighted by Crippen LogP contribution is 2.41. The highest BCUT2D eigenvalue weighted by Gasteiger charge is 2.15. The van der Waals surface area contributed by atoms with Crippen molar-refractivity contribution in [1.82, 2.24) is 9.97 Å². The Labute approximate surface area is 395 Å². The van der Waals surface area contributed by atoms with Gasteiger partial charge in [-0.1, -0.05) is 224 Å². The molecule has 0 bridgehead atoms. The molecule has 0 radical (unpaired) electrons. The number of aromatic nitrogens is 2. The molecule has 0 atom stereocenters. The fourth-order valence-electron chi connectivity index (χ4n) is 10.1. The maximum atomic E-state index is 5.15. The number of rotatable bonds is 7. The van der Waals surface area contributed by atoms with E-state index in [0.29, 0.717) is 5.82 Å². The fraction of sp³-hybridized carbons (Fsp3) is 0. The molecule has 12 aromatic carbocycles. The number of benzene rings is 12. The molecule has 316 valence electrons. The molecule has 13 aromatic rings. The van der Waals surface area contributed by atoms with Gasteiger partial charge in [0.1, 0.15) is 0 Å². The van der Waals surface area contributed by atoms with Gasteiger partial charge in [0.05, 0.1) is 11.4 Å². The lowest BCUT2D eigenvalue weighted by molar-refractivity contribution is 1.18. The Bertz CT molecular complexity index is 4040. The molecule has 13 rings (SSSR count). The van der Waals surface area contributed by atoms with Crippen LogP contribution in [0.3, 0.4) is 0 Å². The summed E-state index contributed by atoms with van der Waals surface area (Å²) in [6.07, 6.45) is 0. The lowest BCUT2D eigenvalue weighted by Crippen LogP contribution is -1.96. The summed E-state index contributed by atoms with van der Waals surface area (Å²) in [6.45, 7) is 0. The first-order valence-corrected chi connectivity index (χ1v) is 23.3. The van der Waals surface area contributed by atoms with E-state index in [9.17, 15) is 0 Å². The van der Waals surface area contributed by atoms with E-state index in [1.807, 2.05) is 18.2 Å². The summed E-state index contributed by atoms with van der Waals surface area (Å²) in [5, 5.41) is 12.5. The van der Waals surface area contributed by atoms with E-state index in [2.05, 4.69) is 237 Å². The standard InChI is InChI=1S/C66H42N2/c1-2-13-50(14-3-1)66-67-64(48-31-22-44(23-32-48)54-35-24-43-12-4-5-15-51(43)38-54)42-65(68-66)49-33-29-46(30-34-49)58-37-36-57(59-20-10-11-21-60(58)59)45-25-27-47(28-26-45)61-41-55-18-8-9-19-56(55)62-39-52-16-6-7-17-53(52)40-63(61)62/h1-42H. The molecule has 0 spiro atoms. The molecule has 1 heterocycles. The van der Waals surface area contributed by atoms with Crippen LogP contribution < -0.4 is 0 Å². The van der Waals surface area contributed by atoms with E-state index in [4.69, 9.17) is 9.97 Å². The monoisotopic (exact) mass is 862 g/mol. The van der Waals surface area contributed by atoms with Crippen LogP contribution in [0, 0.1) is 0 Å². The van der Waals surface area contributed by atoms with Crippen molar-refractivity contribution in [3.63, 3.8) is 0 Å². The van der Waals surface area contributed by atoms with E-state index >= 15 is 0 Å². The maximum absolute atomic E-state index is 5.15. The van der Waals surface area contributed by atoms with Crippen LogP contribution in [0.15, 0.2) is 255 Å². The molecule has 0 fully saturated rings. The van der Waals surface area contributed by atoms with Crippen LogP contribution in [0.2, 0.25) is 0 Å². The highest BCUT2D eigenvalue weighted by molar-refractivity contribution is 6.17. The zero-order valence-corrected chi connectivity index (χ0v) is 37.1. The van der Waals surface area contributed by atoms with Gasteiger partial charge in [-0.05, 0) is 129 Å². The van der Waals surface area contributed by atoms with Gasteiger partial charge in [0.2, 0.25) is 0 Å². The van der Waals surface area contributed by atoms with Crippen molar-refractivity contribution in [2.75, 3.05) is 0 Å². The molecule has 2 nitrogen and oxygen atoms in total. The fourth-order valence-corrected chi connectivity index (χ4v) is 10.1. The van der Waals surface area contributed by atoms with Crippen molar-refractivity contribution in [3.05, 3.63) is 255 Å². The minimum atomic E-state index is 0.703. The van der Waals surface area contributed by atoms with Gasteiger partial charge in [-0.15, -0.1) is 0 Å². The summed E-state index contributed by atoms with van der Waals surface area (Å²) in [5.41, 5.74) is 14.4. The summed E-state index contributed by atoms with van der Waals surface area (Å²) >= 11 is 0. The molecule has 2 heteroatoms. The molecule has 68 heavy (non-hydrogen) atoms. The van der Waals surface area contributed by atoms with Crippen LogP contribution in [0.1, 0.15) is 0 Å². The van der Waals surface area contributed by atoms with E-state index < -0.39 is 0 Å². The predicted molar refractivity (Wildman–Crippen MR) is 288 cm³/mol. The topological polar surface area (TPSA) is 25.8 Å². The van der Waals surface area contributed by atoms with Crippen LogP contribution in [0.4, 0.5) is 0 Å². The molecule has 1 aromatic heterocycles. The summed E-state index contributed by atoms with van der Waals surface area (Å²) in [5.74, 6) is 0.703. The molecule has 0 aliphatic carbocycles. The van der Waals surface area contributed by atoms with Gasteiger partial charge in [0, 0.05) is 16.7 Å². The molecule has 0 N–H and O–H groups in total. The van der Waals surface area contributed by atoms with E-state index in [1.165, 1.54) is 92.8 Å². The van der Waals surface area contributed by atoms with Crippen molar-refractivity contribution in [1.29, 1.82) is 0 Å². The Morgan fingerprint density at radius 2 is 0.618 bits per heavy atom. The van der Waals surface area contributed by atoms with Crippen molar-refractivity contribution in [2.45, 2.75) is 0 Å². The maximum Gasteiger partial charge on any atom is 0.160 e. The molecule has 0 saturated carbocycles. The molecular weight excluding hydrogens is 821 g/mol. The second-order valence-corrected chi connectivity index (χ2v) is 17.7. The molecule has 0 unspecified atom stereocenters. The third-order valence-corrected chi connectivity index (χ3v) is 13.7. The van der Waals surface area contributed by atoms with Gasteiger partial charge in [-0.2, -0.15) is 0 Å². The smallest absolute Gasteiger partial charge is 0.160 e. The summed E-state index contributed by atoms with van der Waals surface area (Å²) < 4.78 is 0.